The van der Waals surface area contributed by atoms with E-state index in [1.807, 2.05) is 18.2 Å². The smallest absolute Gasteiger partial charge is 0.0452 e. The highest BCUT2D eigenvalue weighted by molar-refractivity contribution is 6.31. The summed E-state index contributed by atoms with van der Waals surface area (Å²) in [5.74, 6) is 0. The fraction of sp³-hybridized carbons (Fsp3) is 0.571. The van der Waals surface area contributed by atoms with Crippen molar-refractivity contribution in [2.24, 2.45) is 0 Å². The Bertz CT molecular complexity index is 387. The van der Waals surface area contributed by atoms with E-state index in [-0.39, 0.29) is 0 Å². The molecule has 0 saturated carbocycles. The Kier molecular flexibility index (Phi) is 4.87. The van der Waals surface area contributed by atoms with E-state index >= 15 is 0 Å². The maximum atomic E-state index is 6.20. The zero-order chi connectivity index (χ0) is 13.0. The molecule has 18 heavy (non-hydrogen) atoms. The van der Waals surface area contributed by atoms with Crippen LogP contribution in [0.25, 0.3) is 0 Å². The van der Waals surface area contributed by atoms with Gasteiger partial charge in [0.25, 0.3) is 0 Å². The van der Waals surface area contributed by atoms with Gasteiger partial charge in [0, 0.05) is 43.4 Å². The van der Waals surface area contributed by atoms with Crippen LogP contribution in [0.2, 0.25) is 5.02 Å². The second-order valence-electron chi connectivity index (χ2n) is 4.97. The third-order valence-corrected chi connectivity index (χ3v) is 3.84. The van der Waals surface area contributed by atoms with Crippen molar-refractivity contribution in [3.05, 3.63) is 28.8 Å². The van der Waals surface area contributed by atoms with Crippen molar-refractivity contribution < 1.29 is 0 Å². The summed E-state index contributed by atoms with van der Waals surface area (Å²) in [5.41, 5.74) is 7.74. The number of benzene rings is 1. The topological polar surface area (TPSA) is 32.5 Å². The van der Waals surface area contributed by atoms with Crippen LogP contribution in [-0.4, -0.2) is 42.5 Å². The fourth-order valence-electron chi connectivity index (χ4n) is 2.44. The molecule has 4 heteroatoms. The third kappa shape index (κ3) is 3.61. The lowest BCUT2D eigenvalue weighted by molar-refractivity contribution is 0.127. The van der Waals surface area contributed by atoms with Crippen LogP contribution in [0.4, 0.5) is 5.69 Å². The van der Waals surface area contributed by atoms with Crippen LogP contribution in [0.15, 0.2) is 18.2 Å². The summed E-state index contributed by atoms with van der Waals surface area (Å²) in [4.78, 5) is 4.98. The SMILES string of the molecule is CCCN1CCN(Cc2cc(N)ccc2Cl)CC1. The molecule has 3 nitrogen and oxygen atoms in total. The van der Waals surface area contributed by atoms with Crippen molar-refractivity contribution in [1.82, 2.24) is 9.80 Å². The first-order chi connectivity index (χ1) is 8.69. The molecule has 1 aromatic carbocycles. The second kappa shape index (κ2) is 6.41. The Morgan fingerprint density at radius 3 is 2.50 bits per heavy atom. The van der Waals surface area contributed by atoms with Gasteiger partial charge in [0.1, 0.15) is 0 Å². The average molecular weight is 268 g/mol. The zero-order valence-electron chi connectivity index (χ0n) is 11.0. The largest absolute Gasteiger partial charge is 0.399 e. The summed E-state index contributed by atoms with van der Waals surface area (Å²) >= 11 is 6.20. The predicted octanol–water partition coefficient (Wildman–Crippen LogP) is 2.45. The van der Waals surface area contributed by atoms with E-state index in [2.05, 4.69) is 16.7 Å². The normalized spacial score (nSPS) is 18.1. The van der Waals surface area contributed by atoms with Crippen LogP contribution in [0.5, 0.6) is 0 Å². The van der Waals surface area contributed by atoms with Gasteiger partial charge in [-0.15, -0.1) is 0 Å². The first-order valence-corrected chi connectivity index (χ1v) is 7.05. The highest BCUT2D eigenvalue weighted by Crippen LogP contribution is 2.21. The van der Waals surface area contributed by atoms with Crippen LogP contribution in [0, 0.1) is 0 Å². The Hall–Kier alpha value is -0.770. The molecule has 1 fully saturated rings. The number of piperazine rings is 1. The molecule has 0 aliphatic carbocycles. The summed E-state index contributed by atoms with van der Waals surface area (Å²) in [6.45, 7) is 8.91. The van der Waals surface area contributed by atoms with Gasteiger partial charge in [-0.25, -0.2) is 0 Å². The van der Waals surface area contributed by atoms with E-state index in [9.17, 15) is 0 Å². The van der Waals surface area contributed by atoms with Gasteiger partial charge in [-0.05, 0) is 36.7 Å². The van der Waals surface area contributed by atoms with Crippen molar-refractivity contribution in [2.45, 2.75) is 19.9 Å². The molecule has 0 bridgehead atoms. The van der Waals surface area contributed by atoms with E-state index in [1.54, 1.807) is 0 Å². The minimum atomic E-state index is 0.791. The molecule has 0 atom stereocenters. The number of halogens is 1. The molecule has 0 unspecified atom stereocenters. The van der Waals surface area contributed by atoms with Gasteiger partial charge in [-0.3, -0.25) is 4.90 Å². The van der Waals surface area contributed by atoms with Gasteiger partial charge >= 0.3 is 0 Å². The maximum Gasteiger partial charge on any atom is 0.0452 e. The van der Waals surface area contributed by atoms with Crippen molar-refractivity contribution in [2.75, 3.05) is 38.5 Å². The quantitative estimate of drug-likeness (QED) is 0.851. The molecule has 0 amide bonds. The van der Waals surface area contributed by atoms with Crippen molar-refractivity contribution in [3.8, 4) is 0 Å². The van der Waals surface area contributed by atoms with Gasteiger partial charge in [0.05, 0.1) is 0 Å². The molecule has 1 aromatic rings. The lowest BCUT2D eigenvalue weighted by Gasteiger charge is -2.34. The molecule has 2 N–H and O–H groups in total. The molecule has 1 aliphatic rings. The number of hydrogen-bond acceptors (Lipinski definition) is 3. The number of nitrogens with two attached hydrogens (primary N) is 1. The van der Waals surface area contributed by atoms with Gasteiger partial charge < -0.3 is 10.6 Å². The lowest BCUT2D eigenvalue weighted by Crippen LogP contribution is -2.46. The minimum absolute atomic E-state index is 0.791. The summed E-state index contributed by atoms with van der Waals surface area (Å²) in [7, 11) is 0. The first kappa shape index (κ1) is 13.7. The number of nitrogen functional groups attached to an aromatic ring is 1. The molecular formula is C14H22ClN3. The zero-order valence-corrected chi connectivity index (χ0v) is 11.8. The molecule has 0 radical (unpaired) electrons. The van der Waals surface area contributed by atoms with E-state index in [0.29, 0.717) is 0 Å². The van der Waals surface area contributed by atoms with Gasteiger partial charge in [-0.1, -0.05) is 18.5 Å². The standard InChI is InChI=1S/C14H22ClN3/c1-2-5-17-6-8-18(9-7-17)11-12-10-13(16)3-4-14(12)15/h3-4,10H,2,5-9,11,16H2,1H3. The Morgan fingerprint density at radius 1 is 1.17 bits per heavy atom. The van der Waals surface area contributed by atoms with Gasteiger partial charge in [-0.2, -0.15) is 0 Å². The monoisotopic (exact) mass is 267 g/mol. The minimum Gasteiger partial charge on any atom is -0.399 e. The summed E-state index contributed by atoms with van der Waals surface area (Å²) in [6.07, 6.45) is 1.24. The number of anilines is 1. The summed E-state index contributed by atoms with van der Waals surface area (Å²) in [6, 6.07) is 5.73. The molecule has 100 valence electrons. The third-order valence-electron chi connectivity index (χ3n) is 3.47. The van der Waals surface area contributed by atoms with Crippen LogP contribution < -0.4 is 5.73 Å². The molecular weight excluding hydrogens is 246 g/mol. The fourth-order valence-corrected chi connectivity index (χ4v) is 2.62. The van der Waals surface area contributed by atoms with E-state index in [4.69, 9.17) is 17.3 Å². The van der Waals surface area contributed by atoms with Gasteiger partial charge in [0.2, 0.25) is 0 Å². The Morgan fingerprint density at radius 2 is 1.83 bits per heavy atom. The number of nitrogens with zero attached hydrogens (tertiary/aromatic N) is 2. The summed E-state index contributed by atoms with van der Waals surface area (Å²) < 4.78 is 0. The summed E-state index contributed by atoms with van der Waals surface area (Å²) in [5, 5.41) is 0.820. The highest BCUT2D eigenvalue weighted by Gasteiger charge is 2.16. The van der Waals surface area contributed by atoms with Crippen molar-refractivity contribution in [3.63, 3.8) is 0 Å². The maximum absolute atomic E-state index is 6.20. The van der Waals surface area contributed by atoms with Crippen LogP contribution in [-0.2, 0) is 6.54 Å². The molecule has 1 heterocycles. The molecule has 1 saturated heterocycles. The predicted molar refractivity (Wildman–Crippen MR) is 77.9 cm³/mol. The average Bonchev–Trinajstić information content (AvgIpc) is 2.37. The second-order valence-corrected chi connectivity index (χ2v) is 5.38. The Balaban J connectivity index is 1.89. The van der Waals surface area contributed by atoms with Crippen molar-refractivity contribution >= 4 is 17.3 Å². The van der Waals surface area contributed by atoms with Crippen molar-refractivity contribution in [1.29, 1.82) is 0 Å². The molecule has 0 spiro atoms. The van der Waals surface area contributed by atoms with Crippen LogP contribution in [0.3, 0.4) is 0 Å². The first-order valence-electron chi connectivity index (χ1n) is 6.67. The number of hydrogen-bond donors (Lipinski definition) is 1. The molecule has 2 rings (SSSR count). The molecule has 1 aliphatic heterocycles. The van der Waals surface area contributed by atoms with Crippen LogP contribution in [0.1, 0.15) is 18.9 Å². The van der Waals surface area contributed by atoms with Gasteiger partial charge in [0.15, 0.2) is 0 Å². The lowest BCUT2D eigenvalue weighted by atomic mass is 10.1. The van der Waals surface area contributed by atoms with Crippen LogP contribution >= 0.6 is 11.6 Å². The number of rotatable bonds is 4. The molecule has 0 aromatic heterocycles. The van der Waals surface area contributed by atoms with E-state index < -0.39 is 0 Å². The highest BCUT2D eigenvalue weighted by atomic mass is 35.5. The van der Waals surface area contributed by atoms with E-state index in [0.717, 1.165) is 49.0 Å². The Labute approximate surface area is 115 Å². The van der Waals surface area contributed by atoms with E-state index in [1.165, 1.54) is 13.0 Å².